The van der Waals surface area contributed by atoms with Crippen molar-refractivity contribution in [1.82, 2.24) is 18.3 Å². The van der Waals surface area contributed by atoms with Crippen molar-refractivity contribution in [3.63, 3.8) is 0 Å². The molecule has 38 rings (SSSR count). The normalized spacial score (nSPS) is 17.1. The molecule has 0 saturated carbocycles. The number of benzene rings is 18. The molecule has 4 bridgehead atoms. The van der Waals surface area contributed by atoms with Crippen LogP contribution in [0.1, 0.15) is 11.1 Å². The first-order valence-corrected chi connectivity index (χ1v) is 53.3. The van der Waals surface area contributed by atoms with Gasteiger partial charge in [-0.2, -0.15) is 0 Å². The van der Waals surface area contributed by atoms with Crippen molar-refractivity contribution in [2.45, 2.75) is 13.8 Å². The van der Waals surface area contributed by atoms with E-state index >= 15 is 0 Å². The summed E-state index contributed by atoms with van der Waals surface area (Å²) in [6.45, 7) is 5.03. The van der Waals surface area contributed by atoms with Crippen molar-refractivity contribution in [2.75, 3.05) is 10.2 Å². The molecule has 18 aromatic carbocycles. The third kappa shape index (κ3) is 8.58. The minimum absolute atomic E-state index is 0.173. The van der Waals surface area contributed by atoms with Crippen LogP contribution in [0.4, 0.5) is 11.4 Å². The first-order valence-electron chi connectivity index (χ1n) is 48.4. The summed E-state index contributed by atoms with van der Waals surface area (Å²) in [5, 5.41) is 22.4. The molecule has 16 aliphatic heterocycles. The molecule has 0 radical (unpaired) electrons. The molecule has 134 heavy (non-hydrogen) atoms. The number of hydrogen-bond donors (Lipinski definition) is 2. The summed E-state index contributed by atoms with van der Waals surface area (Å²) in [6.07, 6.45) is 1.65. The van der Waals surface area contributed by atoms with Crippen LogP contribution in [0, 0.1) is 13.8 Å². The van der Waals surface area contributed by atoms with Gasteiger partial charge in [0.25, 0.3) is 13.4 Å². The number of anilines is 2. The van der Waals surface area contributed by atoms with E-state index in [1.807, 2.05) is 0 Å². The van der Waals surface area contributed by atoms with Crippen molar-refractivity contribution < 1.29 is 18.9 Å². The third-order valence-corrected chi connectivity index (χ3v) is 53.1. The Morgan fingerprint density at radius 2 is 0.604 bits per heavy atom. The second-order valence-electron chi connectivity index (χ2n) is 41.0. The summed E-state index contributed by atoms with van der Waals surface area (Å²) in [6, 6.07) is 138. The zero-order valence-electron chi connectivity index (χ0n) is 73.9. The number of para-hydroxylation sites is 11. The summed E-state index contributed by atoms with van der Waals surface area (Å²) < 4.78 is 36.2. The fraction of sp³-hybridized carbons (Fsp3) is 0.0182. The molecule has 16 aliphatic rings. The number of ether oxygens (including phenoxy) is 4. The average Bonchev–Trinajstić information content (AvgIpc) is 1.36. The summed E-state index contributed by atoms with van der Waals surface area (Å²) in [7, 11) is 0.391. The predicted molar refractivity (Wildman–Crippen MR) is 582 cm³/mol. The molecule has 4 aromatic heterocycles. The molecular weight excluding hydrogens is 1660 g/mol. The van der Waals surface area contributed by atoms with Gasteiger partial charge >= 0.3 is 458 Å². The van der Waals surface area contributed by atoms with Gasteiger partial charge in [-0.05, 0) is 100 Å². The fourth-order valence-corrected chi connectivity index (χ4v) is 51.3. The van der Waals surface area contributed by atoms with Crippen LogP contribution >= 0.6 is 12.8 Å². The van der Waals surface area contributed by atoms with Crippen LogP contribution in [0.3, 0.4) is 0 Å². The number of fused-ring (bicyclic) bond motifs is 28. The van der Waals surface area contributed by atoms with E-state index in [4.69, 9.17) is 18.9 Å². The van der Waals surface area contributed by atoms with Crippen LogP contribution in [0.5, 0.6) is 46.0 Å². The number of rotatable bonds is 6. The molecule has 0 atom stereocenters. The van der Waals surface area contributed by atoms with E-state index in [1.165, 1.54) is 198 Å². The van der Waals surface area contributed by atoms with Crippen LogP contribution in [0.2, 0.25) is 0 Å². The van der Waals surface area contributed by atoms with Crippen LogP contribution in [-0.4, -0.2) is 96.5 Å². The van der Waals surface area contributed by atoms with E-state index in [2.05, 4.69) is 418 Å². The first kappa shape index (κ1) is 73.2. The van der Waals surface area contributed by atoms with Gasteiger partial charge in [-0.1, -0.05) is 115 Å². The quantitative estimate of drug-likeness (QED) is 0.128. The molecule has 0 unspecified atom stereocenters. The van der Waals surface area contributed by atoms with Crippen LogP contribution in [0.15, 0.2) is 376 Å². The maximum atomic E-state index is 6.84. The van der Waals surface area contributed by atoms with Crippen LogP contribution in [-0.2, 0) is 0 Å². The van der Waals surface area contributed by atoms with E-state index in [0.29, 0.717) is 0 Å². The average molecular weight is 1740 g/mol. The number of aryl methyl sites for hydroxylation is 2. The molecule has 0 spiro atoms. The van der Waals surface area contributed by atoms with Gasteiger partial charge in [0.05, 0.1) is 11.0 Å². The van der Waals surface area contributed by atoms with E-state index < -0.39 is 12.8 Å². The molecular formula is C110H74B12N6O4P2-2. The molecule has 24 heteroatoms. The summed E-state index contributed by atoms with van der Waals surface area (Å²) in [4.78, 5) is 0. The number of nitrogens with zero attached hydrogens (tertiary/aromatic N) is 4. The fourth-order valence-electron chi connectivity index (χ4n) is 30.7. The van der Waals surface area contributed by atoms with Gasteiger partial charge in [0.1, 0.15) is 23.0 Å². The zero-order chi connectivity index (χ0) is 87.0. The van der Waals surface area contributed by atoms with E-state index in [9.17, 15) is 0 Å². The minimum atomic E-state index is -2.16. The van der Waals surface area contributed by atoms with Crippen molar-refractivity contribution in [1.29, 1.82) is 0 Å². The number of aromatic nitrogens is 4. The molecule has 2 N–H and O–H groups in total. The van der Waals surface area contributed by atoms with Gasteiger partial charge in [0, 0.05) is 44.0 Å². The molecule has 22 aromatic rings. The Kier molecular flexibility index (Phi) is 13.7. The Morgan fingerprint density at radius 1 is 0.254 bits per heavy atom. The second-order valence-corrected chi connectivity index (χ2v) is 52.2. The number of nitrogens with one attached hydrogen (secondary N) is 2. The summed E-state index contributed by atoms with van der Waals surface area (Å²) in [5.74, 6) is 8.04. The van der Waals surface area contributed by atoms with E-state index in [1.54, 1.807) is 10.6 Å². The Balaban J connectivity index is 0.0000000817. The molecule has 10 nitrogen and oxygen atoms in total. The Morgan fingerprint density at radius 3 is 1.06 bits per heavy atom. The molecule has 616 valence electrons. The van der Waals surface area contributed by atoms with Crippen molar-refractivity contribution in [3.8, 4) is 68.7 Å². The van der Waals surface area contributed by atoms with Crippen LogP contribution < -0.4 is 105 Å². The monoisotopic (exact) mass is 1740 g/mol. The van der Waals surface area contributed by atoms with Crippen molar-refractivity contribution in [3.05, 3.63) is 387 Å². The SMILES string of the molecule is Cc1ccc2c(c1)Oc1cccc3c1B2c1cccc2c4ccccc4n-3c12.Cc1cccc2c1Oc1cccc3c1B2c1cccc2c4ccccc4n-3c12.[BH2-]1B2B3B1P23(Nc1ccccc1)c1ccc2c(c1)B1c3c(cccc3-n3c4ccccc4c4cccc1c43)O2.[BH2-]1B2B3B1P23(Nc1ccccc1)c1cccc2c1B1c3c(cccc3-n3c4ccccc4c4cccc1c43)O2. The van der Waals surface area contributed by atoms with Gasteiger partial charge in [-0.25, -0.2) is 0 Å². The van der Waals surface area contributed by atoms with Gasteiger partial charge in [0.15, 0.2) is 0 Å². The predicted octanol–water partition coefficient (Wildman–Crippen LogP) is 14.6. The Labute approximate surface area is 777 Å². The summed E-state index contributed by atoms with van der Waals surface area (Å²) in [5.41, 5.74) is 36.5. The first-order chi connectivity index (χ1) is 66.2. The van der Waals surface area contributed by atoms with Crippen molar-refractivity contribution in [2.24, 2.45) is 0 Å². The summed E-state index contributed by atoms with van der Waals surface area (Å²) >= 11 is 0. The molecule has 8 saturated heterocycles. The zero-order valence-corrected chi connectivity index (χ0v) is 75.7. The standard InChI is InChI=1S/2C30H21B5N2OP.2C25H16BNO/c1-2-9-19(10-3-1)36-39(33-31-34(39)35(33)39)27-18-8-17-26-29(27)32-22-13-6-12-21-20-11-4-5-14-23(20)37(30(21)22)24-15-7-16-25(38-26)28(24)32;1-2-8-19(9-3-1)36-39(33-31-34(39)35(33)39)20-16-17-27-24(18-20)32-23-12-6-11-22-21-10-4-5-13-25(21)37(30(22)23)26-14-7-15-28(38-27)29(26)32;1-15-7-4-11-19-25(15)28-22-14-6-13-21-23(22)26(19)18-10-5-9-17-16-8-2-3-12-20(16)27(21)24(17)18;1-15-12-13-18-23(14-15)28-22-11-5-10-21-24(22)26(18)19-8-4-7-17-16-6-2-3-9-20(16)27(21)25(17)19/h2*1-18,36H,31H2;2*2-14H,1H3/q2*-1;;. The van der Waals surface area contributed by atoms with Gasteiger partial charge in [-0.15, -0.1) is 0 Å². The van der Waals surface area contributed by atoms with Crippen LogP contribution in [0.25, 0.3) is 110 Å². The van der Waals surface area contributed by atoms with Crippen molar-refractivity contribution >= 4 is 266 Å². The Hall–Kier alpha value is -14.4. The molecule has 8 fully saturated rings. The maximum absolute atomic E-state index is 6.84. The topological polar surface area (TPSA) is 80.7 Å². The van der Waals surface area contributed by atoms with E-state index in [-0.39, 0.29) is 41.0 Å². The molecule has 0 aliphatic carbocycles. The molecule has 20 heterocycles. The second kappa shape index (κ2) is 25.1. The third-order valence-electron chi connectivity index (χ3n) is 36.2. The van der Waals surface area contributed by atoms with Gasteiger partial charge in [0.2, 0.25) is 0 Å². The Bertz CT molecular complexity index is 9250. The number of hydrogen-bond acceptors (Lipinski definition) is 6. The van der Waals surface area contributed by atoms with Gasteiger partial charge in [-0.3, -0.25) is 0 Å². The van der Waals surface area contributed by atoms with Gasteiger partial charge < -0.3 is 18.6 Å². The van der Waals surface area contributed by atoms with E-state index in [0.717, 1.165) is 83.3 Å². The molecule has 0 amide bonds.